The van der Waals surface area contributed by atoms with E-state index in [4.69, 9.17) is 17.3 Å². The van der Waals surface area contributed by atoms with Gasteiger partial charge in [0.2, 0.25) is 0 Å². The third-order valence-electron chi connectivity index (χ3n) is 3.88. The predicted molar refractivity (Wildman–Crippen MR) is 86.5 cm³/mol. The zero-order valence-corrected chi connectivity index (χ0v) is 13.3. The van der Waals surface area contributed by atoms with Crippen LogP contribution in [0.25, 0.3) is 5.69 Å². The molecule has 1 aromatic heterocycles. The highest BCUT2D eigenvalue weighted by atomic mass is 35.5. The number of carboxylic acids is 1. The number of aromatic nitrogens is 2. The summed E-state index contributed by atoms with van der Waals surface area (Å²) in [5, 5.41) is 10.3. The minimum Gasteiger partial charge on any atom is -0.481 e. The van der Waals surface area contributed by atoms with E-state index in [0.29, 0.717) is 23.7 Å². The number of imidazole rings is 1. The average Bonchev–Trinajstić information content (AvgIpc) is 2.98. The highest BCUT2D eigenvalue weighted by Gasteiger charge is 2.36. The van der Waals surface area contributed by atoms with E-state index in [2.05, 4.69) is 4.98 Å². The zero-order chi connectivity index (χ0) is 16.2. The van der Waals surface area contributed by atoms with E-state index in [1.165, 1.54) is 0 Å². The number of nitrogens with zero attached hydrogens (tertiary/aromatic N) is 2. The maximum atomic E-state index is 11.7. The van der Waals surface area contributed by atoms with Gasteiger partial charge in [0, 0.05) is 16.9 Å². The second kappa shape index (κ2) is 6.94. The number of carbonyl (C=O) groups is 1. The lowest BCUT2D eigenvalue weighted by atomic mass is 9.82. The van der Waals surface area contributed by atoms with Crippen LogP contribution in [-0.2, 0) is 10.2 Å². The first-order valence-electron chi connectivity index (χ1n) is 7.21. The van der Waals surface area contributed by atoms with Gasteiger partial charge in [-0.2, -0.15) is 0 Å². The van der Waals surface area contributed by atoms with Crippen molar-refractivity contribution in [3.05, 3.63) is 47.5 Å². The molecule has 1 atom stereocenters. The number of benzene rings is 1. The molecule has 3 N–H and O–H groups in total. The molecule has 0 aliphatic heterocycles. The molecule has 1 unspecified atom stereocenters. The summed E-state index contributed by atoms with van der Waals surface area (Å²) in [6.45, 7) is 2.27. The molecule has 1 aromatic carbocycles. The standard InChI is InChI=1S/C16H20ClN3O2/c1-16(15(21)22,8-2-3-9-18)14-10-20(11-19-14)13-6-4-12(17)5-7-13/h4-7,10-11H,2-3,8-9,18H2,1H3,(H,21,22). The molecule has 22 heavy (non-hydrogen) atoms. The first-order valence-corrected chi connectivity index (χ1v) is 7.59. The van der Waals surface area contributed by atoms with E-state index in [-0.39, 0.29) is 0 Å². The maximum absolute atomic E-state index is 11.7. The van der Waals surface area contributed by atoms with Gasteiger partial charge in [0.15, 0.2) is 0 Å². The van der Waals surface area contributed by atoms with Crippen LogP contribution in [0.3, 0.4) is 0 Å². The van der Waals surface area contributed by atoms with Crippen LogP contribution in [0.2, 0.25) is 5.02 Å². The molecular formula is C16H20ClN3O2. The van der Waals surface area contributed by atoms with Crippen LogP contribution in [0, 0.1) is 0 Å². The minimum atomic E-state index is -1.01. The second-order valence-corrected chi connectivity index (χ2v) is 5.96. The summed E-state index contributed by atoms with van der Waals surface area (Å²) in [6, 6.07) is 7.29. The molecule has 118 valence electrons. The van der Waals surface area contributed by atoms with Crippen molar-refractivity contribution in [2.75, 3.05) is 6.54 Å². The lowest BCUT2D eigenvalue weighted by molar-refractivity contribution is -0.143. The number of nitrogens with two attached hydrogens (primary N) is 1. The Balaban J connectivity index is 2.26. The van der Waals surface area contributed by atoms with Crippen LogP contribution in [0.15, 0.2) is 36.8 Å². The summed E-state index contributed by atoms with van der Waals surface area (Å²) in [4.78, 5) is 16.0. The molecule has 6 heteroatoms. The number of aliphatic carboxylic acids is 1. The van der Waals surface area contributed by atoms with E-state index in [9.17, 15) is 9.90 Å². The van der Waals surface area contributed by atoms with Crippen molar-refractivity contribution in [3.63, 3.8) is 0 Å². The molecular weight excluding hydrogens is 302 g/mol. The summed E-state index contributed by atoms with van der Waals surface area (Å²) < 4.78 is 1.80. The van der Waals surface area contributed by atoms with E-state index in [0.717, 1.165) is 18.5 Å². The van der Waals surface area contributed by atoms with Crippen molar-refractivity contribution in [2.45, 2.75) is 31.6 Å². The van der Waals surface area contributed by atoms with Crippen molar-refractivity contribution in [2.24, 2.45) is 5.73 Å². The molecule has 1 heterocycles. The Kier molecular flexibility index (Phi) is 5.21. The lowest BCUT2D eigenvalue weighted by Crippen LogP contribution is -2.33. The third kappa shape index (κ3) is 3.48. The van der Waals surface area contributed by atoms with Gasteiger partial charge in [-0.1, -0.05) is 18.0 Å². The number of hydrogen-bond acceptors (Lipinski definition) is 3. The van der Waals surface area contributed by atoms with Crippen LogP contribution in [0.5, 0.6) is 0 Å². The summed E-state index contributed by atoms with van der Waals surface area (Å²) >= 11 is 5.88. The molecule has 0 bridgehead atoms. The fourth-order valence-electron chi connectivity index (χ4n) is 2.33. The number of unbranched alkanes of at least 4 members (excludes halogenated alkanes) is 1. The summed E-state index contributed by atoms with van der Waals surface area (Å²) in [5.41, 5.74) is 5.91. The average molecular weight is 322 g/mol. The van der Waals surface area contributed by atoms with E-state index < -0.39 is 11.4 Å². The quantitative estimate of drug-likeness (QED) is 0.768. The van der Waals surface area contributed by atoms with Crippen LogP contribution < -0.4 is 5.73 Å². The van der Waals surface area contributed by atoms with Gasteiger partial charge in [0.05, 0.1) is 12.0 Å². The molecule has 0 aliphatic carbocycles. The van der Waals surface area contributed by atoms with E-state index in [1.807, 2.05) is 12.1 Å². The highest BCUT2D eigenvalue weighted by Crippen LogP contribution is 2.29. The summed E-state index contributed by atoms with van der Waals surface area (Å²) in [5.74, 6) is -0.870. The first-order chi connectivity index (χ1) is 10.5. The fraction of sp³-hybridized carbons (Fsp3) is 0.375. The van der Waals surface area contributed by atoms with Gasteiger partial charge in [-0.15, -0.1) is 0 Å². The van der Waals surface area contributed by atoms with Crippen LogP contribution in [-0.4, -0.2) is 27.2 Å². The molecule has 0 radical (unpaired) electrons. The Morgan fingerprint density at radius 2 is 2.05 bits per heavy atom. The zero-order valence-electron chi connectivity index (χ0n) is 12.5. The number of halogens is 1. The van der Waals surface area contributed by atoms with Gasteiger partial charge in [0.25, 0.3) is 0 Å². The second-order valence-electron chi connectivity index (χ2n) is 5.53. The van der Waals surface area contributed by atoms with E-state index in [1.54, 1.807) is 36.1 Å². The summed E-state index contributed by atoms with van der Waals surface area (Å²) in [7, 11) is 0. The number of carboxylic acid groups (broad SMARTS) is 1. The maximum Gasteiger partial charge on any atom is 0.315 e. The van der Waals surface area contributed by atoms with Crippen LogP contribution >= 0.6 is 11.6 Å². The normalized spacial score (nSPS) is 13.8. The smallest absolute Gasteiger partial charge is 0.315 e. The van der Waals surface area contributed by atoms with Gasteiger partial charge in [-0.05, 0) is 50.6 Å². The molecule has 2 rings (SSSR count). The Morgan fingerprint density at radius 3 is 2.64 bits per heavy atom. The van der Waals surface area contributed by atoms with Gasteiger partial charge < -0.3 is 15.4 Å². The number of hydrogen-bond donors (Lipinski definition) is 2. The molecule has 0 amide bonds. The largest absolute Gasteiger partial charge is 0.481 e. The molecule has 0 saturated carbocycles. The molecule has 0 spiro atoms. The van der Waals surface area contributed by atoms with Crippen molar-refractivity contribution in [3.8, 4) is 5.69 Å². The van der Waals surface area contributed by atoms with E-state index >= 15 is 0 Å². The fourth-order valence-corrected chi connectivity index (χ4v) is 2.46. The number of rotatable bonds is 7. The Bertz CT molecular complexity index is 639. The van der Waals surface area contributed by atoms with Crippen molar-refractivity contribution >= 4 is 17.6 Å². The Morgan fingerprint density at radius 1 is 1.36 bits per heavy atom. The molecule has 0 aliphatic rings. The van der Waals surface area contributed by atoms with Crippen LogP contribution in [0.1, 0.15) is 31.9 Å². The van der Waals surface area contributed by atoms with Crippen LogP contribution in [0.4, 0.5) is 0 Å². The highest BCUT2D eigenvalue weighted by molar-refractivity contribution is 6.30. The third-order valence-corrected chi connectivity index (χ3v) is 4.13. The minimum absolute atomic E-state index is 0.511. The summed E-state index contributed by atoms with van der Waals surface area (Å²) in [6.07, 6.45) is 5.47. The Hall–Kier alpha value is -1.85. The topological polar surface area (TPSA) is 81.1 Å². The van der Waals surface area contributed by atoms with Gasteiger partial charge in [-0.3, -0.25) is 4.79 Å². The van der Waals surface area contributed by atoms with Crippen molar-refractivity contribution < 1.29 is 9.90 Å². The SMILES string of the molecule is CC(CCCCN)(C(=O)O)c1cn(-c2ccc(Cl)cc2)cn1. The molecule has 5 nitrogen and oxygen atoms in total. The van der Waals surface area contributed by atoms with Gasteiger partial charge in [0.1, 0.15) is 5.41 Å². The van der Waals surface area contributed by atoms with Gasteiger partial charge in [-0.25, -0.2) is 4.98 Å². The Labute approximate surface area is 134 Å². The molecule has 0 fully saturated rings. The molecule has 0 saturated heterocycles. The lowest BCUT2D eigenvalue weighted by Gasteiger charge is -2.22. The van der Waals surface area contributed by atoms with Gasteiger partial charge >= 0.3 is 5.97 Å². The molecule has 2 aromatic rings. The predicted octanol–water partition coefficient (Wildman–Crippen LogP) is 3.00. The van der Waals surface area contributed by atoms with Crippen molar-refractivity contribution in [1.82, 2.24) is 9.55 Å². The first kappa shape index (κ1) is 16.5. The monoisotopic (exact) mass is 321 g/mol. The van der Waals surface area contributed by atoms with Crippen molar-refractivity contribution in [1.29, 1.82) is 0 Å².